The molecule has 2 rings (SSSR count). The van der Waals surface area contributed by atoms with Gasteiger partial charge in [-0.1, -0.05) is 32.1 Å². The van der Waals surface area contributed by atoms with Gasteiger partial charge in [-0.2, -0.15) is 0 Å². The lowest BCUT2D eigenvalue weighted by molar-refractivity contribution is 0.587. The molecule has 3 heteroatoms. The highest BCUT2D eigenvalue weighted by atomic mass is 32.1. The van der Waals surface area contributed by atoms with Crippen LogP contribution in [0.25, 0.3) is 10.3 Å². The van der Waals surface area contributed by atoms with Crippen LogP contribution in [-0.2, 0) is 5.41 Å². The van der Waals surface area contributed by atoms with E-state index in [2.05, 4.69) is 30.7 Å². The van der Waals surface area contributed by atoms with Crippen LogP contribution in [0.15, 0.2) is 12.1 Å². The number of pyridine rings is 1. The minimum absolute atomic E-state index is 0.124. The van der Waals surface area contributed by atoms with Gasteiger partial charge in [-0.3, -0.25) is 0 Å². The van der Waals surface area contributed by atoms with Crippen LogP contribution < -0.4 is 0 Å². The van der Waals surface area contributed by atoms with Crippen molar-refractivity contribution in [2.24, 2.45) is 0 Å². The van der Waals surface area contributed by atoms with Crippen molar-refractivity contribution in [3.63, 3.8) is 0 Å². The molecule has 14 heavy (non-hydrogen) atoms. The number of hydrogen-bond acceptors (Lipinski definition) is 3. The van der Waals surface area contributed by atoms with E-state index in [1.54, 1.807) is 11.3 Å². The molecule has 0 unspecified atom stereocenters. The van der Waals surface area contributed by atoms with Crippen molar-refractivity contribution in [2.75, 3.05) is 0 Å². The summed E-state index contributed by atoms with van der Waals surface area (Å²) in [6.07, 6.45) is 0. The normalized spacial score (nSPS) is 12.3. The number of thiazole rings is 1. The van der Waals surface area contributed by atoms with E-state index in [9.17, 15) is 0 Å². The summed E-state index contributed by atoms with van der Waals surface area (Å²) in [7, 11) is 0. The van der Waals surface area contributed by atoms with Gasteiger partial charge in [0.25, 0.3) is 0 Å². The summed E-state index contributed by atoms with van der Waals surface area (Å²) in [5.74, 6) is 0. The highest BCUT2D eigenvalue weighted by molar-refractivity contribution is 7.18. The van der Waals surface area contributed by atoms with Crippen LogP contribution >= 0.6 is 11.3 Å². The Labute approximate surface area is 88.0 Å². The highest BCUT2D eigenvalue weighted by Crippen LogP contribution is 2.29. The Morgan fingerprint density at radius 3 is 2.50 bits per heavy atom. The van der Waals surface area contributed by atoms with Crippen molar-refractivity contribution in [2.45, 2.75) is 33.1 Å². The van der Waals surface area contributed by atoms with E-state index in [4.69, 9.17) is 0 Å². The molecule has 0 atom stereocenters. The van der Waals surface area contributed by atoms with Crippen molar-refractivity contribution in [1.82, 2.24) is 9.97 Å². The molecule has 0 radical (unpaired) electrons. The molecule has 0 amide bonds. The van der Waals surface area contributed by atoms with Crippen LogP contribution in [-0.4, -0.2) is 9.97 Å². The Morgan fingerprint density at radius 2 is 1.86 bits per heavy atom. The number of fused-ring (bicyclic) bond motifs is 1. The van der Waals surface area contributed by atoms with Gasteiger partial charge in [0.15, 0.2) is 0 Å². The molecule has 2 aromatic heterocycles. The van der Waals surface area contributed by atoms with Crippen molar-refractivity contribution in [1.29, 1.82) is 0 Å². The monoisotopic (exact) mass is 206 g/mol. The van der Waals surface area contributed by atoms with Crippen molar-refractivity contribution >= 4 is 21.7 Å². The molecule has 0 fully saturated rings. The summed E-state index contributed by atoms with van der Waals surface area (Å²) < 4.78 is 0. The van der Waals surface area contributed by atoms with E-state index in [-0.39, 0.29) is 5.41 Å². The van der Waals surface area contributed by atoms with E-state index < -0.39 is 0 Å². The molecule has 0 aromatic carbocycles. The first-order valence-electron chi connectivity index (χ1n) is 4.71. The maximum atomic E-state index is 4.58. The number of aromatic nitrogens is 2. The second-order valence-corrected chi connectivity index (χ2v) is 5.52. The van der Waals surface area contributed by atoms with Gasteiger partial charge in [0, 0.05) is 11.1 Å². The Bertz CT molecular complexity index is 466. The molecule has 0 spiro atoms. The van der Waals surface area contributed by atoms with Crippen LogP contribution in [0.4, 0.5) is 0 Å². The van der Waals surface area contributed by atoms with E-state index in [1.807, 2.05) is 19.1 Å². The van der Waals surface area contributed by atoms with Gasteiger partial charge >= 0.3 is 0 Å². The fourth-order valence-electron chi connectivity index (χ4n) is 1.23. The minimum atomic E-state index is 0.124. The number of hydrogen-bond donors (Lipinski definition) is 0. The summed E-state index contributed by atoms with van der Waals surface area (Å²) in [4.78, 5) is 10.1. The summed E-state index contributed by atoms with van der Waals surface area (Å²) in [5.41, 5.74) is 2.20. The Hall–Kier alpha value is -0.960. The van der Waals surface area contributed by atoms with Gasteiger partial charge in [-0.15, -0.1) is 0 Å². The second kappa shape index (κ2) is 3.02. The average molecular weight is 206 g/mol. The third-order valence-electron chi connectivity index (χ3n) is 2.04. The summed E-state index contributed by atoms with van der Waals surface area (Å²) in [6, 6.07) is 4.05. The van der Waals surface area contributed by atoms with Gasteiger partial charge < -0.3 is 0 Å². The van der Waals surface area contributed by atoms with Gasteiger partial charge in [0.05, 0.1) is 0 Å². The first-order chi connectivity index (χ1) is 6.47. The molecule has 2 aromatic rings. The average Bonchev–Trinajstić information content (AvgIpc) is 2.45. The third kappa shape index (κ3) is 1.64. The third-order valence-corrected chi connectivity index (χ3v) is 3.43. The zero-order chi connectivity index (χ0) is 10.3. The fraction of sp³-hybridized carbons (Fsp3) is 0.455. The maximum absolute atomic E-state index is 4.58. The topological polar surface area (TPSA) is 25.8 Å². The zero-order valence-electron chi connectivity index (χ0n) is 8.96. The number of aryl methyl sites for hydroxylation is 1. The van der Waals surface area contributed by atoms with Gasteiger partial charge in [0.1, 0.15) is 15.4 Å². The van der Waals surface area contributed by atoms with Crippen LogP contribution in [0, 0.1) is 6.92 Å². The lowest BCUT2D eigenvalue weighted by atomic mass is 9.98. The SMILES string of the molecule is Cc1ccc2nc(C(C)(C)C)sc2n1. The quantitative estimate of drug-likeness (QED) is 0.661. The van der Waals surface area contributed by atoms with E-state index in [0.29, 0.717) is 0 Å². The molecule has 0 aliphatic heterocycles. The predicted octanol–water partition coefficient (Wildman–Crippen LogP) is 3.30. The molecule has 0 saturated carbocycles. The summed E-state index contributed by atoms with van der Waals surface area (Å²) in [5, 5.41) is 1.16. The Balaban J connectivity index is 2.63. The van der Waals surface area contributed by atoms with Crippen LogP contribution in [0.5, 0.6) is 0 Å². The maximum Gasteiger partial charge on any atom is 0.143 e. The zero-order valence-corrected chi connectivity index (χ0v) is 9.77. The predicted molar refractivity (Wildman–Crippen MR) is 60.9 cm³/mol. The first-order valence-corrected chi connectivity index (χ1v) is 5.53. The van der Waals surface area contributed by atoms with E-state index in [0.717, 1.165) is 21.0 Å². The molecule has 74 valence electrons. The minimum Gasteiger partial charge on any atom is -0.241 e. The molecule has 0 aliphatic carbocycles. The van der Waals surface area contributed by atoms with Crippen LogP contribution in [0.1, 0.15) is 31.5 Å². The van der Waals surface area contributed by atoms with Crippen LogP contribution in [0.2, 0.25) is 0 Å². The summed E-state index contributed by atoms with van der Waals surface area (Å²) >= 11 is 1.70. The van der Waals surface area contributed by atoms with Crippen LogP contribution in [0.3, 0.4) is 0 Å². The lowest BCUT2D eigenvalue weighted by Crippen LogP contribution is -2.09. The lowest BCUT2D eigenvalue weighted by Gasteiger charge is -2.12. The molecule has 0 saturated heterocycles. The van der Waals surface area contributed by atoms with Gasteiger partial charge in [-0.05, 0) is 19.1 Å². The molecule has 2 heterocycles. The largest absolute Gasteiger partial charge is 0.241 e. The molecule has 0 N–H and O–H groups in total. The Morgan fingerprint density at radius 1 is 1.14 bits per heavy atom. The highest BCUT2D eigenvalue weighted by Gasteiger charge is 2.18. The van der Waals surface area contributed by atoms with E-state index in [1.165, 1.54) is 0 Å². The molecule has 0 aliphatic rings. The van der Waals surface area contributed by atoms with Crippen molar-refractivity contribution < 1.29 is 0 Å². The first kappa shape index (κ1) is 9.59. The molecule has 0 bridgehead atoms. The summed E-state index contributed by atoms with van der Waals surface area (Å²) in [6.45, 7) is 8.54. The number of nitrogens with zero attached hydrogens (tertiary/aromatic N) is 2. The number of rotatable bonds is 0. The molecular weight excluding hydrogens is 192 g/mol. The van der Waals surface area contributed by atoms with Crippen molar-refractivity contribution in [3.05, 3.63) is 22.8 Å². The fourth-order valence-corrected chi connectivity index (χ4v) is 2.27. The molecular formula is C11H14N2S. The van der Waals surface area contributed by atoms with Crippen molar-refractivity contribution in [3.8, 4) is 0 Å². The standard InChI is InChI=1S/C11H14N2S/c1-7-5-6-8-9(12-7)14-10(13-8)11(2,3)4/h5-6H,1-4H3. The second-order valence-electron chi connectivity index (χ2n) is 4.55. The van der Waals surface area contributed by atoms with E-state index >= 15 is 0 Å². The van der Waals surface area contributed by atoms with Gasteiger partial charge in [0.2, 0.25) is 0 Å². The Kier molecular flexibility index (Phi) is 2.07. The molecule has 2 nitrogen and oxygen atoms in total. The van der Waals surface area contributed by atoms with Gasteiger partial charge in [-0.25, -0.2) is 9.97 Å². The smallest absolute Gasteiger partial charge is 0.143 e.